The van der Waals surface area contributed by atoms with Crippen LogP contribution in [-0.2, 0) is 13.6 Å². The highest BCUT2D eigenvalue weighted by Crippen LogP contribution is 2.53. The Morgan fingerprint density at radius 3 is 1.45 bits per heavy atom. The number of rotatable bonds is 7. The summed E-state index contributed by atoms with van der Waals surface area (Å²) in [6.07, 6.45) is -15.4. The van der Waals surface area contributed by atoms with E-state index in [-0.39, 0.29) is 12.2 Å². The van der Waals surface area contributed by atoms with Crippen LogP contribution in [0.2, 0.25) is 0 Å². The van der Waals surface area contributed by atoms with Gasteiger partial charge in [0.05, 0.1) is 0 Å². The van der Waals surface area contributed by atoms with E-state index in [1.807, 2.05) is 0 Å². The molecule has 0 fully saturated rings. The van der Waals surface area contributed by atoms with E-state index in [1.54, 1.807) is 0 Å². The lowest BCUT2D eigenvalue weighted by atomic mass is 10.3. The topological polar surface area (TPSA) is 35.5 Å². The first kappa shape index (κ1) is 19.2. The number of hydrogen-bond donors (Lipinski definition) is 0. The zero-order chi connectivity index (χ0) is 16.2. The maximum atomic E-state index is 12.4. The highest BCUT2D eigenvalue weighted by atomic mass is 31.2. The van der Waals surface area contributed by atoms with Gasteiger partial charge < -0.3 is 0 Å². The molecule has 0 rings (SSSR count). The Morgan fingerprint density at radius 2 is 1.30 bits per heavy atom. The van der Waals surface area contributed by atoms with Crippen molar-refractivity contribution >= 4 is 7.60 Å². The van der Waals surface area contributed by atoms with Crippen molar-refractivity contribution in [3.63, 3.8) is 0 Å². The fraction of sp³-hybridized carbons (Fsp3) is 0.600. The normalized spacial score (nSPS) is 18.9. The van der Waals surface area contributed by atoms with Gasteiger partial charge in [0.1, 0.15) is 0 Å². The van der Waals surface area contributed by atoms with Crippen molar-refractivity contribution in [1.82, 2.24) is 0 Å². The van der Waals surface area contributed by atoms with Crippen LogP contribution in [0.15, 0.2) is 25.3 Å². The Bertz CT molecular complexity index is 357. The monoisotopic (exact) mass is 326 g/mol. The van der Waals surface area contributed by atoms with Crippen molar-refractivity contribution in [3.05, 3.63) is 25.3 Å². The molecule has 3 nitrogen and oxygen atoms in total. The van der Waals surface area contributed by atoms with Gasteiger partial charge in [-0.05, 0) is 0 Å². The lowest BCUT2D eigenvalue weighted by molar-refractivity contribution is -0.194. The Hall–Kier alpha value is -0.790. The molecular formula is C10H13F6O3P. The average molecular weight is 326 g/mol. The van der Waals surface area contributed by atoms with Crippen molar-refractivity contribution in [2.45, 2.75) is 31.5 Å². The molecule has 0 spiro atoms. The van der Waals surface area contributed by atoms with Crippen molar-refractivity contribution in [1.29, 1.82) is 0 Å². The zero-order valence-corrected chi connectivity index (χ0v) is 11.3. The van der Waals surface area contributed by atoms with Gasteiger partial charge in [-0.15, -0.1) is 13.2 Å². The van der Waals surface area contributed by atoms with Crippen LogP contribution in [0, 0.1) is 0 Å². The van der Waals surface area contributed by atoms with E-state index in [0.29, 0.717) is 0 Å². The van der Waals surface area contributed by atoms with Gasteiger partial charge in [-0.1, -0.05) is 19.1 Å². The van der Waals surface area contributed by atoms with Gasteiger partial charge in [0.2, 0.25) is 0 Å². The molecule has 2 atom stereocenters. The molecule has 0 bridgehead atoms. The third-order valence-electron chi connectivity index (χ3n) is 2.01. The number of halogens is 6. The van der Waals surface area contributed by atoms with E-state index >= 15 is 0 Å². The molecule has 0 aliphatic rings. The van der Waals surface area contributed by atoms with E-state index in [2.05, 4.69) is 22.2 Å². The molecular weight excluding hydrogens is 313 g/mol. The maximum Gasteiger partial charge on any atom is 0.418 e. The molecule has 0 amide bonds. The second-order valence-electron chi connectivity index (χ2n) is 3.53. The minimum absolute atomic E-state index is 0.280. The Balaban J connectivity index is 5.17. The molecule has 118 valence electrons. The number of hydrogen-bond acceptors (Lipinski definition) is 3. The number of alkyl halides is 6. The quantitative estimate of drug-likeness (QED) is 0.393. The smallest absolute Gasteiger partial charge is 0.291 e. The molecule has 2 unspecified atom stereocenters. The third kappa shape index (κ3) is 5.68. The van der Waals surface area contributed by atoms with E-state index in [1.165, 1.54) is 0 Å². The van der Waals surface area contributed by atoms with Gasteiger partial charge in [0, 0.05) is 6.16 Å². The molecule has 10 heteroatoms. The summed E-state index contributed by atoms with van der Waals surface area (Å²) in [6.45, 7) is 6.74. The molecule has 20 heavy (non-hydrogen) atoms. The summed E-state index contributed by atoms with van der Waals surface area (Å²) in [5.74, 6) is 0. The molecule has 0 aromatic carbocycles. The Kier molecular flexibility index (Phi) is 6.51. The summed E-state index contributed by atoms with van der Waals surface area (Å²) in [5.41, 5.74) is 0. The lowest BCUT2D eigenvalue weighted by Gasteiger charge is -2.27. The van der Waals surface area contributed by atoms with Crippen LogP contribution < -0.4 is 0 Å². The predicted molar refractivity (Wildman–Crippen MR) is 60.4 cm³/mol. The van der Waals surface area contributed by atoms with Gasteiger partial charge in [-0.2, -0.15) is 26.3 Å². The van der Waals surface area contributed by atoms with Crippen molar-refractivity contribution in [2.24, 2.45) is 0 Å². The SMILES string of the molecule is C=CC(OP(=O)(CC)OC(C=C)C(F)(F)F)C(F)(F)F. The summed E-state index contributed by atoms with van der Waals surface area (Å²) < 4.78 is 94.8. The summed E-state index contributed by atoms with van der Waals surface area (Å²) in [4.78, 5) is 0. The largest absolute Gasteiger partial charge is 0.418 e. The van der Waals surface area contributed by atoms with E-state index < -0.39 is 38.3 Å². The van der Waals surface area contributed by atoms with Crippen LogP contribution in [0.5, 0.6) is 0 Å². The standard InChI is InChI=1S/C10H13F6O3P/c1-4-7(9(11,12)13)18-20(17,6-3)19-8(5-2)10(14,15)16/h4-5,7-8H,1-2,6H2,3H3. The molecule has 0 radical (unpaired) electrons. The minimum Gasteiger partial charge on any atom is -0.291 e. The summed E-state index contributed by atoms with van der Waals surface area (Å²) >= 11 is 0. The molecule has 0 aliphatic carbocycles. The van der Waals surface area contributed by atoms with E-state index in [0.717, 1.165) is 6.92 Å². The Morgan fingerprint density at radius 1 is 1.00 bits per heavy atom. The summed E-state index contributed by atoms with van der Waals surface area (Å²) in [6, 6.07) is 0. The van der Waals surface area contributed by atoms with Crippen LogP contribution in [0.3, 0.4) is 0 Å². The molecule has 0 aromatic heterocycles. The van der Waals surface area contributed by atoms with Crippen molar-refractivity contribution in [3.8, 4) is 0 Å². The van der Waals surface area contributed by atoms with Gasteiger partial charge in [-0.25, -0.2) is 0 Å². The first-order valence-corrected chi connectivity index (χ1v) is 6.96. The zero-order valence-electron chi connectivity index (χ0n) is 10.4. The van der Waals surface area contributed by atoms with Crippen LogP contribution in [0.1, 0.15) is 6.92 Å². The van der Waals surface area contributed by atoms with Gasteiger partial charge in [0.25, 0.3) is 0 Å². The van der Waals surface area contributed by atoms with Crippen molar-refractivity contribution < 1.29 is 40.0 Å². The summed E-state index contributed by atoms with van der Waals surface area (Å²) in [7, 11) is -4.62. The average Bonchev–Trinajstić information content (AvgIpc) is 2.30. The predicted octanol–water partition coefficient (Wildman–Crippen LogP) is 4.47. The fourth-order valence-corrected chi connectivity index (χ4v) is 2.44. The first-order chi connectivity index (χ1) is 8.89. The van der Waals surface area contributed by atoms with Crippen LogP contribution >= 0.6 is 7.60 Å². The van der Waals surface area contributed by atoms with Gasteiger partial charge in [0.15, 0.2) is 12.2 Å². The molecule has 0 N–H and O–H groups in total. The molecule has 0 saturated heterocycles. The maximum absolute atomic E-state index is 12.4. The fourth-order valence-electron chi connectivity index (χ4n) is 0.993. The summed E-state index contributed by atoms with van der Waals surface area (Å²) in [5, 5.41) is 0. The van der Waals surface area contributed by atoms with Crippen LogP contribution in [0.25, 0.3) is 0 Å². The molecule has 0 aromatic rings. The van der Waals surface area contributed by atoms with Crippen LogP contribution in [0.4, 0.5) is 26.3 Å². The second kappa shape index (κ2) is 6.78. The molecule has 0 aliphatic heterocycles. The molecule has 0 heterocycles. The van der Waals surface area contributed by atoms with E-state index in [9.17, 15) is 30.9 Å². The van der Waals surface area contributed by atoms with Crippen LogP contribution in [-0.4, -0.2) is 30.7 Å². The minimum atomic E-state index is -4.96. The lowest BCUT2D eigenvalue weighted by Crippen LogP contribution is -2.32. The van der Waals surface area contributed by atoms with Gasteiger partial charge in [-0.3, -0.25) is 13.6 Å². The van der Waals surface area contributed by atoms with Gasteiger partial charge >= 0.3 is 19.9 Å². The second-order valence-corrected chi connectivity index (χ2v) is 5.81. The molecule has 0 saturated carbocycles. The van der Waals surface area contributed by atoms with Crippen molar-refractivity contribution in [2.75, 3.05) is 6.16 Å². The first-order valence-electron chi connectivity index (χ1n) is 5.24. The van der Waals surface area contributed by atoms with E-state index in [4.69, 9.17) is 0 Å². The highest BCUT2D eigenvalue weighted by Gasteiger charge is 2.47. The Labute approximate surface area is 111 Å². The third-order valence-corrected chi connectivity index (χ3v) is 3.88. The highest BCUT2D eigenvalue weighted by molar-refractivity contribution is 7.53.